The number of ether oxygens (including phenoxy) is 1. The Balaban J connectivity index is 1.90. The molecule has 19 heavy (non-hydrogen) atoms. The Hall–Kier alpha value is -1.60. The molecule has 1 heterocycles. The van der Waals surface area contributed by atoms with E-state index in [0.717, 1.165) is 4.88 Å². The van der Waals surface area contributed by atoms with E-state index in [9.17, 15) is 0 Å². The molecule has 0 radical (unpaired) electrons. The monoisotopic (exact) mass is 271 g/mol. The van der Waals surface area contributed by atoms with E-state index in [2.05, 4.69) is 37.0 Å². The molecule has 2 nitrogen and oxygen atoms in total. The summed E-state index contributed by atoms with van der Waals surface area (Å²) in [6.45, 7) is 3.08. The second-order valence-corrected chi connectivity index (χ2v) is 5.30. The first-order valence-corrected chi connectivity index (χ1v) is 7.05. The molecule has 2 rings (SSSR count). The lowest BCUT2D eigenvalue weighted by Crippen LogP contribution is -1.98. The van der Waals surface area contributed by atoms with Crippen molar-refractivity contribution in [3.05, 3.63) is 57.8 Å². The van der Waals surface area contributed by atoms with Gasteiger partial charge in [-0.25, -0.2) is 0 Å². The Morgan fingerprint density at radius 2 is 2.00 bits per heavy atom. The second-order valence-electron chi connectivity index (χ2n) is 4.14. The molecule has 0 spiro atoms. The molecule has 0 fully saturated rings. The second kappa shape index (κ2) is 7.10. The highest BCUT2D eigenvalue weighted by Gasteiger charge is 2.06. The van der Waals surface area contributed by atoms with Gasteiger partial charge in [-0.3, -0.25) is 0 Å². The van der Waals surface area contributed by atoms with Crippen molar-refractivity contribution in [2.45, 2.75) is 19.6 Å². The van der Waals surface area contributed by atoms with Gasteiger partial charge in [-0.15, -0.1) is 11.3 Å². The maximum absolute atomic E-state index is 5.87. The Bertz CT molecular complexity index is 565. The number of hydrogen-bond donors (Lipinski definition) is 1. The van der Waals surface area contributed by atoms with Crippen LogP contribution in [0.4, 0.5) is 0 Å². The summed E-state index contributed by atoms with van der Waals surface area (Å²) in [4.78, 5) is 2.22. The molecule has 0 bridgehead atoms. The van der Waals surface area contributed by atoms with Gasteiger partial charge in [-0.05, 0) is 24.6 Å². The van der Waals surface area contributed by atoms with Crippen LogP contribution >= 0.6 is 11.3 Å². The van der Waals surface area contributed by atoms with Crippen LogP contribution in [0.25, 0.3) is 0 Å². The third kappa shape index (κ3) is 4.22. The third-order valence-corrected chi connectivity index (χ3v) is 3.69. The van der Waals surface area contributed by atoms with Gasteiger partial charge in [-0.1, -0.05) is 42.2 Å². The minimum atomic E-state index is 0.0990. The molecule has 0 aliphatic heterocycles. The highest BCUT2D eigenvalue weighted by Crippen LogP contribution is 2.21. The van der Waals surface area contributed by atoms with E-state index < -0.39 is 0 Å². The Morgan fingerprint density at radius 1 is 1.21 bits per heavy atom. The lowest BCUT2D eigenvalue weighted by atomic mass is 10.1. The first-order valence-electron chi connectivity index (χ1n) is 6.24. The number of rotatable bonds is 4. The van der Waals surface area contributed by atoms with E-state index in [-0.39, 0.29) is 6.10 Å². The van der Waals surface area contributed by atoms with Crippen molar-refractivity contribution in [2.75, 3.05) is 6.54 Å². The van der Waals surface area contributed by atoms with Gasteiger partial charge < -0.3 is 10.5 Å². The first-order chi connectivity index (χ1) is 9.29. The fourth-order valence-corrected chi connectivity index (χ4v) is 2.49. The van der Waals surface area contributed by atoms with Gasteiger partial charge in [0.1, 0.15) is 0 Å². The van der Waals surface area contributed by atoms with Crippen LogP contribution in [-0.4, -0.2) is 6.54 Å². The summed E-state index contributed by atoms with van der Waals surface area (Å²) < 4.78 is 5.87. The van der Waals surface area contributed by atoms with Crippen molar-refractivity contribution in [3.8, 4) is 11.8 Å². The number of benzene rings is 1. The summed E-state index contributed by atoms with van der Waals surface area (Å²) >= 11 is 1.66. The zero-order valence-electron chi connectivity index (χ0n) is 10.9. The van der Waals surface area contributed by atoms with Crippen molar-refractivity contribution in [2.24, 2.45) is 5.73 Å². The average molecular weight is 271 g/mol. The zero-order valence-corrected chi connectivity index (χ0v) is 11.7. The van der Waals surface area contributed by atoms with E-state index in [1.165, 1.54) is 10.4 Å². The average Bonchev–Trinajstić information content (AvgIpc) is 2.91. The first kappa shape index (κ1) is 13.8. The minimum absolute atomic E-state index is 0.0990. The predicted octanol–water partition coefficient (Wildman–Crippen LogP) is 3.34. The molecule has 98 valence electrons. The van der Waals surface area contributed by atoms with Gasteiger partial charge in [0, 0.05) is 4.88 Å². The van der Waals surface area contributed by atoms with Crippen LogP contribution in [-0.2, 0) is 11.3 Å². The molecule has 2 N–H and O–H groups in total. The lowest BCUT2D eigenvalue weighted by molar-refractivity contribution is 0.0542. The molecule has 1 aromatic carbocycles. The van der Waals surface area contributed by atoms with Gasteiger partial charge in [0.25, 0.3) is 0 Å². The molecule has 2 aromatic rings. The van der Waals surface area contributed by atoms with Crippen LogP contribution < -0.4 is 5.73 Å². The molecular weight excluding hydrogens is 254 g/mol. The lowest BCUT2D eigenvalue weighted by Gasteiger charge is -2.12. The number of hydrogen-bond acceptors (Lipinski definition) is 3. The summed E-state index contributed by atoms with van der Waals surface area (Å²) in [7, 11) is 0. The van der Waals surface area contributed by atoms with E-state index in [0.29, 0.717) is 13.2 Å². The highest BCUT2D eigenvalue weighted by molar-refractivity contribution is 7.12. The van der Waals surface area contributed by atoms with Crippen molar-refractivity contribution in [3.63, 3.8) is 0 Å². The van der Waals surface area contributed by atoms with Crippen molar-refractivity contribution in [1.29, 1.82) is 0 Å². The predicted molar refractivity (Wildman–Crippen MR) is 79.9 cm³/mol. The maximum Gasteiger partial charge on any atom is 0.0818 e. The smallest absolute Gasteiger partial charge is 0.0818 e. The van der Waals surface area contributed by atoms with Crippen LogP contribution in [0.3, 0.4) is 0 Å². The SMILES string of the molecule is CC(OCc1ccc(C#CCN)s1)c1ccccc1. The quantitative estimate of drug-likeness (QED) is 0.866. The summed E-state index contributed by atoms with van der Waals surface area (Å²) in [5.41, 5.74) is 6.55. The highest BCUT2D eigenvalue weighted by atomic mass is 32.1. The van der Waals surface area contributed by atoms with E-state index in [4.69, 9.17) is 10.5 Å². The normalized spacial score (nSPS) is 11.7. The molecule has 1 atom stereocenters. The fraction of sp³-hybridized carbons (Fsp3) is 0.250. The molecule has 0 saturated carbocycles. The number of thiophene rings is 1. The molecule has 3 heteroatoms. The fourth-order valence-electron chi connectivity index (χ4n) is 1.69. The topological polar surface area (TPSA) is 35.2 Å². The van der Waals surface area contributed by atoms with Crippen molar-refractivity contribution >= 4 is 11.3 Å². The minimum Gasteiger partial charge on any atom is -0.368 e. The van der Waals surface area contributed by atoms with Gasteiger partial charge >= 0.3 is 0 Å². The largest absolute Gasteiger partial charge is 0.368 e. The molecule has 1 unspecified atom stereocenters. The molecular formula is C16H17NOS. The van der Waals surface area contributed by atoms with Crippen molar-refractivity contribution < 1.29 is 4.74 Å². The van der Waals surface area contributed by atoms with Crippen LogP contribution in [0.15, 0.2) is 42.5 Å². The maximum atomic E-state index is 5.87. The van der Waals surface area contributed by atoms with Crippen LogP contribution in [0, 0.1) is 11.8 Å². The molecule has 0 amide bonds. The van der Waals surface area contributed by atoms with E-state index in [1.54, 1.807) is 11.3 Å². The van der Waals surface area contributed by atoms with Gasteiger partial charge in [-0.2, -0.15) is 0 Å². The van der Waals surface area contributed by atoms with Crippen LogP contribution in [0.5, 0.6) is 0 Å². The van der Waals surface area contributed by atoms with Gasteiger partial charge in [0.15, 0.2) is 0 Å². The van der Waals surface area contributed by atoms with Crippen LogP contribution in [0.2, 0.25) is 0 Å². The molecule has 1 aromatic heterocycles. The van der Waals surface area contributed by atoms with E-state index in [1.807, 2.05) is 24.3 Å². The molecule has 0 saturated heterocycles. The standard InChI is InChI=1S/C16H17NOS/c1-13(14-6-3-2-4-7-14)18-12-16-10-9-15(19-16)8-5-11-17/h2-4,6-7,9-10,13H,11-12,17H2,1H3. The summed E-state index contributed by atoms with van der Waals surface area (Å²) in [6.07, 6.45) is 0.0990. The molecule has 0 aliphatic carbocycles. The summed E-state index contributed by atoms with van der Waals surface area (Å²) in [5.74, 6) is 5.89. The Morgan fingerprint density at radius 3 is 2.74 bits per heavy atom. The summed E-state index contributed by atoms with van der Waals surface area (Å²) in [6, 6.07) is 14.3. The summed E-state index contributed by atoms with van der Waals surface area (Å²) in [5, 5.41) is 0. The Kier molecular flexibility index (Phi) is 5.17. The van der Waals surface area contributed by atoms with Gasteiger partial charge in [0.2, 0.25) is 0 Å². The Labute approximate surface area is 118 Å². The van der Waals surface area contributed by atoms with Crippen LogP contribution in [0.1, 0.15) is 28.3 Å². The zero-order chi connectivity index (χ0) is 13.5. The third-order valence-electron chi connectivity index (χ3n) is 2.72. The van der Waals surface area contributed by atoms with Gasteiger partial charge in [0.05, 0.1) is 24.1 Å². The van der Waals surface area contributed by atoms with Crippen molar-refractivity contribution in [1.82, 2.24) is 0 Å². The molecule has 0 aliphatic rings. The van der Waals surface area contributed by atoms with E-state index >= 15 is 0 Å². The number of nitrogens with two attached hydrogens (primary N) is 1.